The van der Waals surface area contributed by atoms with Crippen LogP contribution in [0.15, 0.2) is 23.8 Å². The van der Waals surface area contributed by atoms with E-state index in [1.807, 2.05) is 5.57 Å². The summed E-state index contributed by atoms with van der Waals surface area (Å²) in [5.41, 5.74) is 2.79. The number of hydrogen-bond acceptors (Lipinski definition) is 1. The van der Waals surface area contributed by atoms with E-state index in [1.54, 1.807) is 0 Å². The van der Waals surface area contributed by atoms with Gasteiger partial charge in [-0.3, -0.25) is 0 Å². The molecular formula is C24H42Cl2N2SiTi-2. The monoisotopic (exact) mass is 504 g/mol. The van der Waals surface area contributed by atoms with Crippen LogP contribution in [0, 0.1) is 31.1 Å². The molecule has 2 nitrogen and oxygen atoms in total. The van der Waals surface area contributed by atoms with Crippen LogP contribution in [0.1, 0.15) is 51.9 Å². The number of piperazine rings is 1. The van der Waals surface area contributed by atoms with Crippen molar-refractivity contribution in [1.82, 2.24) is 4.57 Å². The van der Waals surface area contributed by atoms with E-state index in [2.05, 4.69) is 48.1 Å². The van der Waals surface area contributed by atoms with E-state index >= 15 is 0 Å². The van der Waals surface area contributed by atoms with E-state index in [-0.39, 0.29) is 7.43 Å². The number of halogens is 2. The van der Waals surface area contributed by atoms with Crippen molar-refractivity contribution in [1.29, 1.82) is 0 Å². The molecule has 0 aromatic rings. The summed E-state index contributed by atoms with van der Waals surface area (Å²) in [5.74, 6) is 3.51. The van der Waals surface area contributed by atoms with Crippen molar-refractivity contribution in [3.8, 4) is 0 Å². The molecular weight excluding hydrogens is 463 g/mol. The molecule has 4 unspecified atom stereocenters. The third kappa shape index (κ3) is 6.07. The van der Waals surface area contributed by atoms with Gasteiger partial charge in [-0.05, 0) is 61.6 Å². The number of fused-ring (bicyclic) bond motifs is 1. The Hall–Kier alpha value is 0.911. The predicted octanol–water partition coefficient (Wildman–Crippen LogP) is 7.82. The number of allylic oxidation sites excluding steroid dienone is 4. The molecule has 4 rings (SSSR count). The Bertz CT molecular complexity index is 572. The zero-order valence-electron chi connectivity index (χ0n) is 19.5. The third-order valence-corrected chi connectivity index (χ3v) is 12.8. The average Bonchev–Trinajstić information content (AvgIpc) is 3.15. The van der Waals surface area contributed by atoms with E-state index in [0.29, 0.717) is 0 Å². The molecule has 1 saturated heterocycles. The number of nitrogens with zero attached hydrogens (tertiary/aromatic N) is 2. The van der Waals surface area contributed by atoms with Crippen molar-refractivity contribution in [3.05, 3.63) is 36.5 Å². The minimum absolute atomic E-state index is 0. The molecule has 0 aromatic carbocycles. The summed E-state index contributed by atoms with van der Waals surface area (Å²) in [6, 6.07) is 0. The Labute approximate surface area is 204 Å². The fraction of sp³-hybridized carbons (Fsp3) is 0.792. The topological polar surface area (TPSA) is 17.3 Å². The Morgan fingerprint density at radius 1 is 1.13 bits per heavy atom. The standard InChI is InChI=1S/C23H39N2Si.CH3.2ClH.Ti/c1-4-18-17-22-20(19-9-6-5-7-10-19)11-8-12-21(22)23(18)26(2,3)25-15-13-24-14-16-25;;;;/h8,11-12,18-19,21-23H,4-7,9-10,13-17H2,1-3H3;1H3;2*1H;/q2*-1;;;+2/p-2. The summed E-state index contributed by atoms with van der Waals surface area (Å²) in [6.45, 7) is 12.4. The molecule has 4 atom stereocenters. The molecule has 0 spiro atoms. The van der Waals surface area contributed by atoms with Crippen LogP contribution in [0.2, 0.25) is 18.6 Å². The van der Waals surface area contributed by atoms with Crippen LogP contribution in [0.3, 0.4) is 0 Å². The SMILES string of the molecule is CCC1CC2C(C3CCCCC3)=CC=CC2C1[Si](C)(C)N1CC[N-]CC1.[CH3-].[Cl][Ti][Cl]. The van der Waals surface area contributed by atoms with Gasteiger partial charge in [0.2, 0.25) is 0 Å². The second kappa shape index (κ2) is 13.0. The first-order valence-electron chi connectivity index (χ1n) is 11.8. The first kappa shape index (κ1) is 27.2. The van der Waals surface area contributed by atoms with E-state index in [9.17, 15) is 0 Å². The van der Waals surface area contributed by atoms with E-state index in [1.165, 1.54) is 58.0 Å². The van der Waals surface area contributed by atoms with Crippen LogP contribution < -0.4 is 0 Å². The zero-order chi connectivity index (χ0) is 20.9. The van der Waals surface area contributed by atoms with Crippen molar-refractivity contribution in [2.75, 3.05) is 26.2 Å². The van der Waals surface area contributed by atoms with Gasteiger partial charge in [-0.15, -0.1) is 13.1 Å². The molecule has 0 amide bonds. The zero-order valence-corrected chi connectivity index (χ0v) is 23.6. The second-order valence-electron chi connectivity index (χ2n) is 9.88. The van der Waals surface area contributed by atoms with Crippen LogP contribution >= 0.6 is 18.6 Å². The third-order valence-electron chi connectivity index (χ3n) is 8.28. The number of hydrogen-bond donors (Lipinski definition) is 0. The van der Waals surface area contributed by atoms with Crippen LogP contribution in [0.5, 0.6) is 0 Å². The molecule has 4 aliphatic rings. The molecule has 0 radical (unpaired) electrons. The van der Waals surface area contributed by atoms with E-state index in [0.717, 1.165) is 42.3 Å². The molecule has 3 aliphatic carbocycles. The maximum atomic E-state index is 4.89. The Morgan fingerprint density at radius 3 is 2.37 bits per heavy atom. The summed E-state index contributed by atoms with van der Waals surface area (Å²) in [5, 5.41) is 4.62. The second-order valence-corrected chi connectivity index (χ2v) is 17.1. The molecule has 1 heterocycles. The van der Waals surface area contributed by atoms with Crippen molar-refractivity contribution >= 4 is 26.8 Å². The normalized spacial score (nSPS) is 32.4. The summed E-state index contributed by atoms with van der Waals surface area (Å²) < 4.78 is 2.90. The van der Waals surface area contributed by atoms with Gasteiger partial charge < -0.3 is 17.3 Å². The molecule has 0 bridgehead atoms. The minimum atomic E-state index is -1.45. The van der Waals surface area contributed by atoms with Crippen LogP contribution in [-0.4, -0.2) is 39.0 Å². The number of rotatable bonds is 4. The van der Waals surface area contributed by atoms with Gasteiger partial charge in [-0.2, -0.15) is 0 Å². The van der Waals surface area contributed by atoms with Crippen molar-refractivity contribution < 1.29 is 17.0 Å². The van der Waals surface area contributed by atoms with Gasteiger partial charge in [0, 0.05) is 0 Å². The first-order chi connectivity index (χ1) is 14.0. The first-order valence-corrected chi connectivity index (χ1v) is 19.1. The molecule has 172 valence electrons. The molecule has 6 heteroatoms. The molecule has 0 N–H and O–H groups in total. The van der Waals surface area contributed by atoms with Gasteiger partial charge >= 0.3 is 35.6 Å². The van der Waals surface area contributed by atoms with Gasteiger partial charge in [0.1, 0.15) is 8.24 Å². The summed E-state index contributed by atoms with van der Waals surface area (Å²) in [6.07, 6.45) is 17.8. The van der Waals surface area contributed by atoms with Gasteiger partial charge in [-0.25, -0.2) is 0 Å². The van der Waals surface area contributed by atoms with Gasteiger partial charge in [-0.1, -0.05) is 69.5 Å². The Balaban J connectivity index is 0.000000757. The van der Waals surface area contributed by atoms with Gasteiger partial charge in [0.05, 0.1) is 0 Å². The van der Waals surface area contributed by atoms with Crippen molar-refractivity contribution in [3.63, 3.8) is 0 Å². The maximum absolute atomic E-state index is 4.89. The van der Waals surface area contributed by atoms with Gasteiger partial charge in [0.25, 0.3) is 0 Å². The summed E-state index contributed by atoms with van der Waals surface area (Å²) >= 11 is -0.556. The molecule has 3 fully saturated rings. The fourth-order valence-electron chi connectivity index (χ4n) is 6.96. The average molecular weight is 505 g/mol. The quantitative estimate of drug-likeness (QED) is 0.281. The molecule has 2 saturated carbocycles. The fourth-order valence-corrected chi connectivity index (χ4v) is 11.5. The van der Waals surface area contributed by atoms with E-state index in [4.69, 9.17) is 18.6 Å². The molecule has 1 aliphatic heterocycles. The Kier molecular flexibility index (Phi) is 11.7. The summed E-state index contributed by atoms with van der Waals surface area (Å²) in [4.78, 5) is 0. The summed E-state index contributed by atoms with van der Waals surface area (Å²) in [7, 11) is 8.33. The molecule has 30 heavy (non-hydrogen) atoms. The van der Waals surface area contributed by atoms with Crippen molar-refractivity contribution in [2.24, 2.45) is 23.7 Å². The van der Waals surface area contributed by atoms with Crippen LogP contribution in [-0.2, 0) is 17.0 Å². The van der Waals surface area contributed by atoms with Crippen LogP contribution in [0.25, 0.3) is 5.32 Å². The molecule has 0 aromatic heterocycles. The van der Waals surface area contributed by atoms with E-state index < -0.39 is 25.3 Å². The van der Waals surface area contributed by atoms with Crippen molar-refractivity contribution in [2.45, 2.75) is 70.5 Å². The van der Waals surface area contributed by atoms with Gasteiger partial charge in [0.15, 0.2) is 0 Å². The predicted molar refractivity (Wildman–Crippen MR) is 133 cm³/mol. The Morgan fingerprint density at radius 2 is 1.77 bits per heavy atom. The van der Waals surface area contributed by atoms with Crippen LogP contribution in [0.4, 0.5) is 0 Å².